The molecule has 4 nitrogen and oxygen atoms in total. The summed E-state index contributed by atoms with van der Waals surface area (Å²) in [6, 6.07) is 5.39. The zero-order chi connectivity index (χ0) is 16.1. The van der Waals surface area contributed by atoms with Gasteiger partial charge < -0.3 is 5.11 Å². The van der Waals surface area contributed by atoms with Gasteiger partial charge in [-0.1, -0.05) is 51.4 Å². The summed E-state index contributed by atoms with van der Waals surface area (Å²) in [5.74, 6) is 0. The Morgan fingerprint density at radius 2 is 1.91 bits per heavy atom. The van der Waals surface area contributed by atoms with Gasteiger partial charge >= 0.3 is 0 Å². The fourth-order valence-electron chi connectivity index (χ4n) is 2.68. The molecule has 0 saturated heterocycles. The molecule has 1 aromatic carbocycles. The van der Waals surface area contributed by atoms with Gasteiger partial charge in [-0.2, -0.15) is 4.80 Å². The second kappa shape index (κ2) is 4.93. The maximum atomic E-state index is 10.9. The highest BCUT2D eigenvalue weighted by Gasteiger charge is 2.45. The Labute approximate surface area is 135 Å². The molecule has 0 radical (unpaired) electrons. The summed E-state index contributed by atoms with van der Waals surface area (Å²) in [6.07, 6.45) is 5.20. The van der Waals surface area contributed by atoms with Crippen LogP contribution >= 0.6 is 11.6 Å². The summed E-state index contributed by atoms with van der Waals surface area (Å²) < 4.78 is 0. The molecular formula is C17H20ClN3O. The van der Waals surface area contributed by atoms with Crippen molar-refractivity contribution in [2.45, 2.75) is 33.8 Å². The fraction of sp³-hybridized carbons (Fsp3) is 0.412. The van der Waals surface area contributed by atoms with Crippen LogP contribution in [0.4, 0.5) is 0 Å². The zero-order valence-electron chi connectivity index (χ0n) is 13.2. The second-order valence-corrected chi connectivity index (χ2v) is 7.44. The van der Waals surface area contributed by atoms with Gasteiger partial charge in [0, 0.05) is 10.4 Å². The molecule has 0 aliphatic heterocycles. The van der Waals surface area contributed by atoms with Crippen molar-refractivity contribution in [3.8, 4) is 0 Å². The zero-order valence-corrected chi connectivity index (χ0v) is 14.0. The van der Waals surface area contributed by atoms with Crippen molar-refractivity contribution < 1.29 is 5.11 Å². The molecule has 3 rings (SSSR count). The lowest BCUT2D eigenvalue weighted by Crippen LogP contribution is -2.44. The van der Waals surface area contributed by atoms with Gasteiger partial charge in [-0.3, -0.25) is 0 Å². The van der Waals surface area contributed by atoms with Crippen molar-refractivity contribution >= 4 is 28.3 Å². The van der Waals surface area contributed by atoms with Gasteiger partial charge in [-0.05, 0) is 29.7 Å². The smallest absolute Gasteiger partial charge is 0.115 e. The molecule has 0 spiro atoms. The Kier molecular flexibility index (Phi) is 3.42. The second-order valence-electron chi connectivity index (χ2n) is 7.01. The SMILES string of the molecule is CC(C)(C)C1(C)C=CC=C(n2nc3ccc(Cl)cc3n2)C1O. The number of aliphatic hydroxyl groups excluding tert-OH is 1. The first-order valence-corrected chi connectivity index (χ1v) is 7.71. The van der Waals surface area contributed by atoms with Crippen molar-refractivity contribution in [2.24, 2.45) is 10.8 Å². The van der Waals surface area contributed by atoms with Crippen LogP contribution in [0.1, 0.15) is 27.7 Å². The number of hydrogen-bond donors (Lipinski definition) is 1. The van der Waals surface area contributed by atoms with Crippen LogP contribution in [0.5, 0.6) is 0 Å². The average Bonchev–Trinajstić information content (AvgIpc) is 2.83. The number of rotatable bonds is 1. The van der Waals surface area contributed by atoms with Gasteiger partial charge in [0.1, 0.15) is 17.1 Å². The van der Waals surface area contributed by atoms with Gasteiger partial charge in [0.25, 0.3) is 0 Å². The Hall–Kier alpha value is -1.65. The minimum Gasteiger partial charge on any atom is -0.386 e. The number of nitrogens with zero attached hydrogens (tertiary/aromatic N) is 3. The molecule has 1 heterocycles. The summed E-state index contributed by atoms with van der Waals surface area (Å²) in [5, 5.41) is 20.4. The average molecular weight is 318 g/mol. The van der Waals surface area contributed by atoms with E-state index in [1.807, 2.05) is 18.2 Å². The highest BCUT2D eigenvalue weighted by Crippen LogP contribution is 2.47. The van der Waals surface area contributed by atoms with Crippen LogP contribution in [-0.4, -0.2) is 26.2 Å². The molecule has 2 unspecified atom stereocenters. The lowest BCUT2D eigenvalue weighted by Gasteiger charge is -2.45. The third kappa shape index (κ3) is 2.27. The number of halogens is 1. The molecule has 116 valence electrons. The maximum Gasteiger partial charge on any atom is 0.115 e. The Morgan fingerprint density at radius 1 is 1.23 bits per heavy atom. The van der Waals surface area contributed by atoms with Crippen LogP contribution in [0.3, 0.4) is 0 Å². The van der Waals surface area contributed by atoms with E-state index in [-0.39, 0.29) is 5.41 Å². The third-order valence-corrected chi connectivity index (χ3v) is 4.98. The Balaban J connectivity index is 2.07. The quantitative estimate of drug-likeness (QED) is 0.867. The molecule has 2 atom stereocenters. The van der Waals surface area contributed by atoms with E-state index in [0.29, 0.717) is 16.2 Å². The molecule has 1 aromatic heterocycles. The number of benzene rings is 1. The van der Waals surface area contributed by atoms with E-state index in [2.05, 4.69) is 44.0 Å². The van der Waals surface area contributed by atoms with Gasteiger partial charge in [-0.15, -0.1) is 10.2 Å². The minimum atomic E-state index is -0.685. The molecule has 22 heavy (non-hydrogen) atoms. The number of aliphatic hydroxyl groups is 1. The lowest BCUT2D eigenvalue weighted by molar-refractivity contribution is 0.0273. The third-order valence-electron chi connectivity index (χ3n) is 4.75. The van der Waals surface area contributed by atoms with E-state index in [4.69, 9.17) is 11.6 Å². The van der Waals surface area contributed by atoms with Crippen LogP contribution in [0, 0.1) is 10.8 Å². The van der Waals surface area contributed by atoms with Crippen LogP contribution in [-0.2, 0) is 0 Å². The van der Waals surface area contributed by atoms with E-state index < -0.39 is 11.5 Å². The van der Waals surface area contributed by atoms with Crippen molar-refractivity contribution in [3.05, 3.63) is 41.4 Å². The molecule has 0 bridgehead atoms. The van der Waals surface area contributed by atoms with Crippen LogP contribution in [0.25, 0.3) is 16.7 Å². The molecule has 5 heteroatoms. The predicted octanol–water partition coefficient (Wildman–Crippen LogP) is 3.91. The van der Waals surface area contributed by atoms with Crippen molar-refractivity contribution in [3.63, 3.8) is 0 Å². The largest absolute Gasteiger partial charge is 0.386 e. The summed E-state index contributed by atoms with van der Waals surface area (Å²) in [6.45, 7) is 8.42. The molecule has 1 aliphatic rings. The highest BCUT2D eigenvalue weighted by atomic mass is 35.5. The first-order chi connectivity index (χ1) is 10.2. The monoisotopic (exact) mass is 317 g/mol. The van der Waals surface area contributed by atoms with Gasteiger partial charge in [0.2, 0.25) is 0 Å². The molecule has 1 N–H and O–H groups in total. The van der Waals surface area contributed by atoms with E-state index in [0.717, 1.165) is 5.52 Å². The summed E-state index contributed by atoms with van der Waals surface area (Å²) >= 11 is 6.00. The molecular weight excluding hydrogens is 298 g/mol. The van der Waals surface area contributed by atoms with Crippen molar-refractivity contribution in [1.29, 1.82) is 0 Å². The van der Waals surface area contributed by atoms with Gasteiger partial charge in [0.15, 0.2) is 0 Å². The molecule has 0 amide bonds. The number of fused-ring (bicyclic) bond motifs is 1. The molecule has 1 aliphatic carbocycles. The fourth-order valence-corrected chi connectivity index (χ4v) is 2.84. The molecule has 0 fully saturated rings. The minimum absolute atomic E-state index is 0.0989. The van der Waals surface area contributed by atoms with Gasteiger partial charge in [-0.25, -0.2) is 0 Å². The normalized spacial score (nSPS) is 25.5. The Bertz CT molecular complexity index is 785. The molecule has 2 aromatic rings. The maximum absolute atomic E-state index is 10.9. The predicted molar refractivity (Wildman–Crippen MR) is 89.5 cm³/mol. The van der Waals surface area contributed by atoms with E-state index >= 15 is 0 Å². The van der Waals surface area contributed by atoms with Crippen LogP contribution in [0.15, 0.2) is 36.4 Å². The summed E-state index contributed by atoms with van der Waals surface area (Å²) in [5.41, 5.74) is 1.65. The number of aromatic nitrogens is 3. The summed E-state index contributed by atoms with van der Waals surface area (Å²) in [4.78, 5) is 1.51. The van der Waals surface area contributed by atoms with Crippen LogP contribution in [0.2, 0.25) is 5.02 Å². The summed E-state index contributed by atoms with van der Waals surface area (Å²) in [7, 11) is 0. The lowest BCUT2D eigenvalue weighted by atomic mass is 9.62. The number of allylic oxidation sites excluding steroid dienone is 2. The van der Waals surface area contributed by atoms with E-state index in [1.165, 1.54) is 4.80 Å². The number of hydrogen-bond acceptors (Lipinski definition) is 3. The van der Waals surface area contributed by atoms with Crippen molar-refractivity contribution in [2.75, 3.05) is 0 Å². The first-order valence-electron chi connectivity index (χ1n) is 7.33. The van der Waals surface area contributed by atoms with Crippen LogP contribution < -0.4 is 0 Å². The van der Waals surface area contributed by atoms with E-state index in [9.17, 15) is 5.11 Å². The standard InChI is InChI=1S/C17H20ClN3O/c1-16(2,3)17(4)9-5-6-14(15(17)22)21-19-12-8-7-11(18)10-13(12)20-21/h5-10,15,22H,1-4H3. The molecule has 0 saturated carbocycles. The topological polar surface area (TPSA) is 50.9 Å². The highest BCUT2D eigenvalue weighted by molar-refractivity contribution is 6.31. The Morgan fingerprint density at radius 3 is 2.59 bits per heavy atom. The van der Waals surface area contributed by atoms with E-state index in [1.54, 1.807) is 12.1 Å². The van der Waals surface area contributed by atoms with Crippen molar-refractivity contribution in [1.82, 2.24) is 15.0 Å². The first kappa shape index (κ1) is 15.3. The van der Waals surface area contributed by atoms with Gasteiger partial charge in [0.05, 0.1) is 5.70 Å².